The number of H-pyrrole nitrogens is 1. The van der Waals surface area contributed by atoms with Gasteiger partial charge < -0.3 is 10.3 Å². The SMILES string of the molecule is O=c1cc(-c2cc(NC3CCC4=C(C3)c3ccccc3C4)n3nccc3n2)cc[nH]1. The molecule has 0 saturated heterocycles. The molecule has 0 spiro atoms. The molecule has 6 nitrogen and oxygen atoms in total. The molecule has 148 valence electrons. The number of allylic oxidation sites excluding steroid dienone is 1. The predicted molar refractivity (Wildman–Crippen MR) is 117 cm³/mol. The molecule has 0 radical (unpaired) electrons. The third-order valence-corrected chi connectivity index (χ3v) is 6.20. The lowest BCUT2D eigenvalue weighted by Gasteiger charge is -2.26. The van der Waals surface area contributed by atoms with Gasteiger partial charge >= 0.3 is 0 Å². The summed E-state index contributed by atoms with van der Waals surface area (Å²) in [5, 5.41) is 8.17. The quantitative estimate of drug-likeness (QED) is 0.549. The van der Waals surface area contributed by atoms with Gasteiger partial charge in [-0.25, -0.2) is 4.98 Å². The van der Waals surface area contributed by atoms with Crippen LogP contribution in [0, 0.1) is 0 Å². The van der Waals surface area contributed by atoms with Crippen molar-refractivity contribution < 1.29 is 0 Å². The molecule has 1 aromatic carbocycles. The second-order valence-electron chi connectivity index (χ2n) is 8.07. The summed E-state index contributed by atoms with van der Waals surface area (Å²) in [6.07, 6.45) is 7.74. The van der Waals surface area contributed by atoms with Crippen LogP contribution in [-0.4, -0.2) is 25.6 Å². The van der Waals surface area contributed by atoms with E-state index in [1.165, 1.54) is 16.7 Å². The largest absolute Gasteiger partial charge is 0.367 e. The van der Waals surface area contributed by atoms with E-state index in [4.69, 9.17) is 0 Å². The van der Waals surface area contributed by atoms with Gasteiger partial charge in [-0.2, -0.15) is 9.61 Å². The Kier molecular flexibility index (Phi) is 3.84. The molecule has 2 N–H and O–H groups in total. The van der Waals surface area contributed by atoms with Crippen molar-refractivity contribution in [3.63, 3.8) is 0 Å². The summed E-state index contributed by atoms with van der Waals surface area (Å²) in [5.41, 5.74) is 8.16. The van der Waals surface area contributed by atoms with E-state index < -0.39 is 0 Å². The Hall–Kier alpha value is -3.67. The fraction of sp³-hybridized carbons (Fsp3) is 0.208. The summed E-state index contributed by atoms with van der Waals surface area (Å²) in [4.78, 5) is 19.1. The first-order chi connectivity index (χ1) is 14.7. The monoisotopic (exact) mass is 395 g/mol. The third kappa shape index (κ3) is 2.84. The van der Waals surface area contributed by atoms with Crippen molar-refractivity contribution in [1.29, 1.82) is 0 Å². The maximum atomic E-state index is 11.8. The lowest BCUT2D eigenvalue weighted by molar-refractivity contribution is 0.629. The fourth-order valence-electron chi connectivity index (χ4n) is 4.79. The molecule has 4 aromatic rings. The molecule has 2 aliphatic rings. The molecule has 1 atom stereocenters. The van der Waals surface area contributed by atoms with E-state index in [0.717, 1.165) is 48.4 Å². The van der Waals surface area contributed by atoms with Crippen molar-refractivity contribution in [2.24, 2.45) is 0 Å². The van der Waals surface area contributed by atoms with Gasteiger partial charge in [-0.3, -0.25) is 4.79 Å². The molecule has 2 aliphatic carbocycles. The Morgan fingerprint density at radius 2 is 2.07 bits per heavy atom. The molecule has 0 amide bonds. The van der Waals surface area contributed by atoms with Gasteiger partial charge in [0.25, 0.3) is 0 Å². The van der Waals surface area contributed by atoms with Gasteiger partial charge in [0, 0.05) is 36.0 Å². The van der Waals surface area contributed by atoms with Crippen LogP contribution >= 0.6 is 0 Å². The molecular formula is C24H21N5O. The van der Waals surface area contributed by atoms with E-state index in [9.17, 15) is 4.79 Å². The molecule has 6 heteroatoms. The van der Waals surface area contributed by atoms with Crippen LogP contribution in [0.25, 0.3) is 22.5 Å². The summed E-state index contributed by atoms with van der Waals surface area (Å²) >= 11 is 0. The number of aromatic nitrogens is 4. The van der Waals surface area contributed by atoms with E-state index >= 15 is 0 Å². The minimum atomic E-state index is -0.135. The highest BCUT2D eigenvalue weighted by Crippen LogP contribution is 2.42. The van der Waals surface area contributed by atoms with E-state index in [-0.39, 0.29) is 5.56 Å². The molecule has 0 fully saturated rings. The normalized spacial score (nSPS) is 17.8. The molecule has 0 saturated carbocycles. The lowest BCUT2D eigenvalue weighted by Crippen LogP contribution is -2.24. The smallest absolute Gasteiger partial charge is 0.248 e. The van der Waals surface area contributed by atoms with Gasteiger partial charge in [-0.15, -0.1) is 0 Å². The van der Waals surface area contributed by atoms with Gasteiger partial charge in [0.2, 0.25) is 5.56 Å². The summed E-state index contributed by atoms with van der Waals surface area (Å²) < 4.78 is 1.84. The number of nitrogens with one attached hydrogen (secondary N) is 2. The zero-order chi connectivity index (χ0) is 20.1. The minimum absolute atomic E-state index is 0.135. The second kappa shape index (κ2) is 6.69. The second-order valence-corrected chi connectivity index (χ2v) is 8.07. The summed E-state index contributed by atoms with van der Waals surface area (Å²) in [6.45, 7) is 0. The zero-order valence-corrected chi connectivity index (χ0v) is 16.4. The van der Waals surface area contributed by atoms with Gasteiger partial charge in [-0.1, -0.05) is 29.8 Å². The van der Waals surface area contributed by atoms with Gasteiger partial charge in [0.1, 0.15) is 5.82 Å². The number of aromatic amines is 1. The van der Waals surface area contributed by atoms with E-state index in [1.807, 2.05) is 22.7 Å². The molecule has 0 aliphatic heterocycles. The zero-order valence-electron chi connectivity index (χ0n) is 16.4. The van der Waals surface area contributed by atoms with Gasteiger partial charge in [0.15, 0.2) is 5.65 Å². The van der Waals surface area contributed by atoms with Crippen LogP contribution in [0.2, 0.25) is 0 Å². The van der Waals surface area contributed by atoms with Crippen molar-refractivity contribution in [2.45, 2.75) is 31.7 Å². The summed E-state index contributed by atoms with van der Waals surface area (Å²) in [7, 11) is 0. The average molecular weight is 395 g/mol. The molecule has 3 aromatic heterocycles. The molecule has 6 rings (SSSR count). The van der Waals surface area contributed by atoms with Crippen molar-refractivity contribution in [1.82, 2.24) is 19.6 Å². The number of nitrogens with zero attached hydrogens (tertiary/aromatic N) is 3. The Morgan fingerprint density at radius 1 is 1.13 bits per heavy atom. The maximum Gasteiger partial charge on any atom is 0.248 e. The highest BCUT2D eigenvalue weighted by atomic mass is 16.1. The highest BCUT2D eigenvalue weighted by Gasteiger charge is 2.28. The number of hydrogen-bond acceptors (Lipinski definition) is 4. The topological polar surface area (TPSA) is 75.1 Å². The van der Waals surface area contributed by atoms with Crippen LogP contribution in [0.4, 0.5) is 5.82 Å². The molecular weight excluding hydrogens is 374 g/mol. The predicted octanol–water partition coefficient (Wildman–Crippen LogP) is 4.06. The lowest BCUT2D eigenvalue weighted by atomic mass is 9.88. The molecule has 1 unspecified atom stereocenters. The minimum Gasteiger partial charge on any atom is -0.367 e. The number of rotatable bonds is 3. The molecule has 0 bridgehead atoms. The van der Waals surface area contributed by atoms with E-state index in [0.29, 0.717) is 6.04 Å². The third-order valence-electron chi connectivity index (χ3n) is 6.20. The van der Waals surface area contributed by atoms with Crippen molar-refractivity contribution in [3.8, 4) is 11.3 Å². The molecule has 30 heavy (non-hydrogen) atoms. The average Bonchev–Trinajstić information content (AvgIpc) is 3.38. The van der Waals surface area contributed by atoms with Gasteiger partial charge in [0.05, 0.1) is 11.9 Å². The Balaban J connectivity index is 1.34. The first-order valence-electron chi connectivity index (χ1n) is 10.3. The highest BCUT2D eigenvalue weighted by molar-refractivity contribution is 5.78. The Labute approximate surface area is 173 Å². The van der Waals surface area contributed by atoms with Crippen LogP contribution in [0.1, 0.15) is 30.4 Å². The van der Waals surface area contributed by atoms with Crippen molar-refractivity contribution >= 4 is 17.0 Å². The van der Waals surface area contributed by atoms with Crippen LogP contribution in [0.5, 0.6) is 0 Å². The number of hydrogen-bond donors (Lipinski definition) is 2. The van der Waals surface area contributed by atoms with Crippen molar-refractivity contribution in [3.05, 3.63) is 88.0 Å². The van der Waals surface area contributed by atoms with Crippen LogP contribution < -0.4 is 10.9 Å². The Bertz CT molecular complexity index is 1360. The standard InChI is InChI=1S/C24H21N5O/c30-24-12-17(7-9-25-24)21-14-23(29-22(28-21)8-10-26-29)27-18-6-5-16-11-15-3-1-2-4-19(15)20(16)13-18/h1-4,7-10,12,14,18,27H,5-6,11,13H2,(H,25,30). The number of anilines is 1. The fourth-order valence-corrected chi connectivity index (χ4v) is 4.79. The van der Waals surface area contributed by atoms with E-state index in [1.54, 1.807) is 24.0 Å². The number of fused-ring (bicyclic) bond motifs is 3. The van der Waals surface area contributed by atoms with E-state index in [2.05, 4.69) is 44.6 Å². The number of pyridine rings is 1. The first-order valence-corrected chi connectivity index (χ1v) is 10.3. The summed E-state index contributed by atoms with van der Waals surface area (Å²) in [6, 6.07) is 16.4. The molecule has 3 heterocycles. The Morgan fingerprint density at radius 3 is 3.00 bits per heavy atom. The number of benzene rings is 1. The summed E-state index contributed by atoms with van der Waals surface area (Å²) in [5.74, 6) is 0.903. The first kappa shape index (κ1) is 17.2. The van der Waals surface area contributed by atoms with Crippen LogP contribution in [-0.2, 0) is 6.42 Å². The van der Waals surface area contributed by atoms with Gasteiger partial charge in [-0.05, 0) is 48.4 Å². The van der Waals surface area contributed by atoms with Crippen LogP contribution in [0.3, 0.4) is 0 Å². The van der Waals surface area contributed by atoms with Crippen LogP contribution in [0.15, 0.2) is 71.3 Å². The van der Waals surface area contributed by atoms with Crippen molar-refractivity contribution in [2.75, 3.05) is 5.32 Å². The maximum absolute atomic E-state index is 11.8.